The van der Waals surface area contributed by atoms with Crippen LogP contribution in [0.4, 0.5) is 0 Å². The predicted molar refractivity (Wildman–Crippen MR) is 64.7 cm³/mol. The molecule has 0 spiro atoms. The van der Waals surface area contributed by atoms with E-state index in [0.29, 0.717) is 0 Å². The third-order valence-electron chi connectivity index (χ3n) is 2.48. The van der Waals surface area contributed by atoms with Gasteiger partial charge in [0.15, 0.2) is 0 Å². The van der Waals surface area contributed by atoms with Gasteiger partial charge in [-0.05, 0) is 16.0 Å². The molecule has 0 atom stereocenters. The van der Waals surface area contributed by atoms with Crippen LogP contribution in [0.25, 0.3) is 10.8 Å². The van der Waals surface area contributed by atoms with Gasteiger partial charge in [-0.1, -0.05) is 43.9 Å². The largest absolute Gasteiger partial charge is 0.264 e. The topological polar surface area (TPSA) is 12.9 Å². The molecule has 0 bridgehead atoms. The Hall–Kier alpha value is -1.15. The minimum Gasteiger partial charge on any atom is -0.264 e. The van der Waals surface area contributed by atoms with Crippen molar-refractivity contribution in [3.63, 3.8) is 0 Å². The van der Waals surface area contributed by atoms with Gasteiger partial charge in [-0.2, -0.15) is 0 Å². The molecule has 1 nitrogen and oxygen atoms in total. The first-order valence-electron chi connectivity index (χ1n) is 4.92. The van der Waals surface area contributed by atoms with Crippen molar-refractivity contribution in [2.75, 3.05) is 0 Å². The van der Waals surface area contributed by atoms with E-state index >= 15 is 0 Å². The summed E-state index contributed by atoms with van der Waals surface area (Å²) in [4.78, 5) is 4.31. The first-order valence-corrected chi connectivity index (χ1v) is 8.42. The van der Waals surface area contributed by atoms with Crippen molar-refractivity contribution >= 4 is 24.0 Å². The molecule has 0 aliphatic carbocycles. The van der Waals surface area contributed by atoms with Gasteiger partial charge in [-0.25, -0.2) is 0 Å². The summed E-state index contributed by atoms with van der Waals surface area (Å²) < 4.78 is 0. The van der Waals surface area contributed by atoms with Gasteiger partial charge in [0.25, 0.3) is 0 Å². The van der Waals surface area contributed by atoms with E-state index in [0.717, 1.165) is 0 Å². The summed E-state index contributed by atoms with van der Waals surface area (Å²) in [5.74, 6) is 0. The van der Waals surface area contributed by atoms with Crippen molar-refractivity contribution < 1.29 is 0 Å². The number of nitrogens with zero attached hydrogens (tertiary/aromatic N) is 1. The van der Waals surface area contributed by atoms with Crippen molar-refractivity contribution in [2.24, 2.45) is 0 Å². The lowest BCUT2D eigenvalue weighted by atomic mass is 10.2. The molecule has 2 aromatic rings. The molecule has 1 heterocycles. The highest BCUT2D eigenvalue weighted by atomic mass is 28.3. The Morgan fingerprint density at radius 1 is 1.00 bits per heavy atom. The Morgan fingerprint density at radius 3 is 2.43 bits per heavy atom. The van der Waals surface area contributed by atoms with E-state index in [2.05, 4.69) is 48.9 Å². The fourth-order valence-electron chi connectivity index (χ4n) is 1.71. The minimum absolute atomic E-state index is 1.26. The highest BCUT2D eigenvalue weighted by Crippen LogP contribution is 2.13. The van der Waals surface area contributed by atoms with E-state index in [1.165, 1.54) is 16.0 Å². The maximum absolute atomic E-state index is 4.31. The third-order valence-corrected chi connectivity index (χ3v) is 4.49. The van der Waals surface area contributed by atoms with Gasteiger partial charge in [0.2, 0.25) is 0 Å². The summed E-state index contributed by atoms with van der Waals surface area (Å²) in [6.45, 7) is 7.07. The van der Waals surface area contributed by atoms with Crippen LogP contribution >= 0.6 is 0 Å². The van der Waals surface area contributed by atoms with Crippen LogP contribution < -0.4 is 5.19 Å². The molecule has 1 aromatic carbocycles. The lowest BCUT2D eigenvalue weighted by Crippen LogP contribution is -2.38. The summed E-state index contributed by atoms with van der Waals surface area (Å²) in [5, 5.41) is 4.09. The Balaban J connectivity index is 2.78. The molecule has 0 fully saturated rings. The van der Waals surface area contributed by atoms with Crippen LogP contribution in [0.2, 0.25) is 19.6 Å². The molecule has 2 rings (SSSR count). The van der Waals surface area contributed by atoms with E-state index in [1.807, 2.05) is 12.4 Å². The summed E-state index contributed by atoms with van der Waals surface area (Å²) in [7, 11) is -1.26. The molecule has 72 valence electrons. The maximum atomic E-state index is 4.31. The summed E-state index contributed by atoms with van der Waals surface area (Å²) >= 11 is 0. The number of fused-ring (bicyclic) bond motifs is 1. The fourth-order valence-corrected chi connectivity index (χ4v) is 3.21. The smallest absolute Gasteiger partial charge is 0.0804 e. The van der Waals surface area contributed by atoms with E-state index in [4.69, 9.17) is 0 Å². The molecule has 0 saturated heterocycles. The SMILES string of the molecule is C[Si](C)(C)c1cncc2ccccc12. The van der Waals surface area contributed by atoms with Crippen LogP contribution in [-0.2, 0) is 0 Å². The standard InChI is InChI=1S/C12H15NSi/c1-14(2,3)12-9-13-8-10-6-4-5-7-11(10)12/h4-9H,1-3H3. The van der Waals surface area contributed by atoms with Gasteiger partial charge in [0.1, 0.15) is 0 Å². The van der Waals surface area contributed by atoms with Crippen LogP contribution in [0.1, 0.15) is 0 Å². The van der Waals surface area contributed by atoms with Crippen LogP contribution in [0.15, 0.2) is 36.7 Å². The van der Waals surface area contributed by atoms with Crippen molar-refractivity contribution in [3.8, 4) is 0 Å². The molecule has 0 amide bonds. The van der Waals surface area contributed by atoms with Crippen molar-refractivity contribution in [1.82, 2.24) is 4.98 Å². The Labute approximate surface area is 85.8 Å². The lowest BCUT2D eigenvalue weighted by Gasteiger charge is -2.18. The molecule has 0 aliphatic rings. The van der Waals surface area contributed by atoms with Gasteiger partial charge in [0.05, 0.1) is 8.07 Å². The van der Waals surface area contributed by atoms with E-state index in [1.54, 1.807) is 0 Å². The van der Waals surface area contributed by atoms with Gasteiger partial charge >= 0.3 is 0 Å². The lowest BCUT2D eigenvalue weighted by molar-refractivity contribution is 1.37. The molecule has 0 radical (unpaired) electrons. The molecular weight excluding hydrogens is 186 g/mol. The summed E-state index contributed by atoms with van der Waals surface area (Å²) in [5.41, 5.74) is 0. The zero-order chi connectivity index (χ0) is 10.2. The number of hydrogen-bond acceptors (Lipinski definition) is 1. The Kier molecular flexibility index (Phi) is 2.15. The molecule has 0 N–H and O–H groups in total. The number of aromatic nitrogens is 1. The normalized spacial score (nSPS) is 11.9. The summed E-state index contributed by atoms with van der Waals surface area (Å²) in [6, 6.07) is 8.50. The molecule has 0 unspecified atom stereocenters. The molecule has 0 aliphatic heterocycles. The maximum Gasteiger partial charge on any atom is 0.0804 e. The zero-order valence-corrected chi connectivity index (χ0v) is 9.91. The average molecular weight is 201 g/mol. The number of benzene rings is 1. The second kappa shape index (κ2) is 3.21. The second-order valence-corrected chi connectivity index (χ2v) is 9.70. The second-order valence-electron chi connectivity index (χ2n) is 4.66. The van der Waals surface area contributed by atoms with E-state index < -0.39 is 8.07 Å². The monoisotopic (exact) mass is 201 g/mol. The van der Waals surface area contributed by atoms with Crippen molar-refractivity contribution in [3.05, 3.63) is 36.7 Å². The molecule has 14 heavy (non-hydrogen) atoms. The van der Waals surface area contributed by atoms with Gasteiger partial charge in [-0.3, -0.25) is 4.98 Å². The van der Waals surface area contributed by atoms with Crippen molar-refractivity contribution in [2.45, 2.75) is 19.6 Å². The predicted octanol–water partition coefficient (Wildman–Crippen LogP) is 2.78. The van der Waals surface area contributed by atoms with Crippen molar-refractivity contribution in [1.29, 1.82) is 0 Å². The third kappa shape index (κ3) is 1.57. The van der Waals surface area contributed by atoms with Crippen LogP contribution in [0.5, 0.6) is 0 Å². The van der Waals surface area contributed by atoms with Gasteiger partial charge in [0, 0.05) is 12.4 Å². The number of hydrogen-bond donors (Lipinski definition) is 0. The average Bonchev–Trinajstić information content (AvgIpc) is 2.15. The van der Waals surface area contributed by atoms with Gasteiger partial charge < -0.3 is 0 Å². The molecule has 1 aromatic heterocycles. The molecule has 0 saturated carbocycles. The number of rotatable bonds is 1. The first-order chi connectivity index (χ1) is 6.59. The Bertz CT molecular complexity index is 452. The van der Waals surface area contributed by atoms with Crippen LogP contribution in [0, 0.1) is 0 Å². The first kappa shape index (κ1) is 9.40. The highest BCUT2D eigenvalue weighted by molar-refractivity contribution is 6.90. The highest BCUT2D eigenvalue weighted by Gasteiger charge is 2.18. The summed E-state index contributed by atoms with van der Waals surface area (Å²) in [6.07, 6.45) is 3.98. The van der Waals surface area contributed by atoms with E-state index in [9.17, 15) is 0 Å². The van der Waals surface area contributed by atoms with Gasteiger partial charge in [-0.15, -0.1) is 0 Å². The van der Waals surface area contributed by atoms with Crippen LogP contribution in [0.3, 0.4) is 0 Å². The van der Waals surface area contributed by atoms with E-state index in [-0.39, 0.29) is 0 Å². The fraction of sp³-hybridized carbons (Fsp3) is 0.250. The van der Waals surface area contributed by atoms with Crippen LogP contribution in [-0.4, -0.2) is 13.1 Å². The molecular formula is C12H15NSi. The quantitative estimate of drug-likeness (QED) is 0.647. The molecule has 2 heteroatoms. The Morgan fingerprint density at radius 2 is 1.71 bits per heavy atom. The zero-order valence-electron chi connectivity index (χ0n) is 8.91. The minimum atomic E-state index is -1.26. The number of pyridine rings is 1.